The van der Waals surface area contributed by atoms with Crippen molar-refractivity contribution in [2.75, 3.05) is 13.2 Å². The molecule has 0 bridgehead atoms. The standard InChI is InChI=1S/C6H9F2NO/c7-6(8,4-10)5-1-2-9-3-5/h3,9-10H,1-2,4H2. The van der Waals surface area contributed by atoms with Crippen LogP contribution < -0.4 is 5.32 Å². The summed E-state index contributed by atoms with van der Waals surface area (Å²) in [7, 11) is 0. The molecule has 2 N–H and O–H groups in total. The van der Waals surface area contributed by atoms with Crippen LogP contribution in [0.2, 0.25) is 0 Å². The van der Waals surface area contributed by atoms with Crippen LogP contribution in [-0.2, 0) is 0 Å². The Hall–Kier alpha value is -0.640. The number of aliphatic hydroxyl groups excluding tert-OH is 1. The van der Waals surface area contributed by atoms with Gasteiger partial charge in [0.05, 0.1) is 0 Å². The lowest BCUT2D eigenvalue weighted by atomic mass is 10.1. The molecule has 0 radical (unpaired) electrons. The van der Waals surface area contributed by atoms with Gasteiger partial charge in [0.1, 0.15) is 6.61 Å². The van der Waals surface area contributed by atoms with Crippen molar-refractivity contribution in [1.82, 2.24) is 5.32 Å². The van der Waals surface area contributed by atoms with E-state index in [9.17, 15) is 8.78 Å². The van der Waals surface area contributed by atoms with Gasteiger partial charge < -0.3 is 10.4 Å². The van der Waals surface area contributed by atoms with Crippen molar-refractivity contribution in [3.8, 4) is 0 Å². The zero-order valence-corrected chi connectivity index (χ0v) is 5.40. The number of halogens is 2. The van der Waals surface area contributed by atoms with Gasteiger partial charge in [0.25, 0.3) is 5.92 Å². The second-order valence-electron chi connectivity index (χ2n) is 2.24. The van der Waals surface area contributed by atoms with E-state index in [0.717, 1.165) is 0 Å². The van der Waals surface area contributed by atoms with E-state index >= 15 is 0 Å². The van der Waals surface area contributed by atoms with Crippen LogP contribution in [0.3, 0.4) is 0 Å². The molecule has 0 spiro atoms. The Morgan fingerprint density at radius 2 is 2.40 bits per heavy atom. The van der Waals surface area contributed by atoms with Gasteiger partial charge in [-0.25, -0.2) is 0 Å². The van der Waals surface area contributed by atoms with E-state index in [4.69, 9.17) is 5.11 Å². The summed E-state index contributed by atoms with van der Waals surface area (Å²) in [5.41, 5.74) is -0.00463. The molecule has 0 aromatic heterocycles. The topological polar surface area (TPSA) is 32.3 Å². The third-order valence-corrected chi connectivity index (χ3v) is 1.48. The van der Waals surface area contributed by atoms with E-state index in [1.165, 1.54) is 6.20 Å². The predicted molar refractivity (Wildman–Crippen MR) is 32.7 cm³/mol. The quantitative estimate of drug-likeness (QED) is 0.599. The van der Waals surface area contributed by atoms with Crippen LogP contribution in [0.15, 0.2) is 11.8 Å². The number of hydrogen-bond donors (Lipinski definition) is 2. The summed E-state index contributed by atoms with van der Waals surface area (Å²) in [5.74, 6) is -3.02. The van der Waals surface area contributed by atoms with Gasteiger partial charge in [-0.1, -0.05) is 0 Å². The van der Waals surface area contributed by atoms with Crippen LogP contribution in [0.4, 0.5) is 8.78 Å². The van der Waals surface area contributed by atoms with Gasteiger partial charge >= 0.3 is 0 Å². The minimum Gasteiger partial charge on any atom is -0.390 e. The van der Waals surface area contributed by atoms with Crippen LogP contribution in [0.1, 0.15) is 6.42 Å². The normalized spacial score (nSPS) is 18.5. The lowest BCUT2D eigenvalue weighted by molar-refractivity contribution is -0.0172. The minimum atomic E-state index is -3.02. The molecule has 58 valence electrons. The molecule has 0 aromatic rings. The molecule has 4 heteroatoms. The summed E-state index contributed by atoms with van der Waals surface area (Å²) in [5, 5.41) is 10.9. The maximum atomic E-state index is 12.5. The van der Waals surface area contributed by atoms with E-state index in [1.54, 1.807) is 0 Å². The Morgan fingerprint density at radius 3 is 2.80 bits per heavy atom. The lowest BCUT2D eigenvalue weighted by Crippen LogP contribution is -2.23. The zero-order chi connectivity index (χ0) is 7.61. The van der Waals surface area contributed by atoms with Gasteiger partial charge in [0.15, 0.2) is 0 Å². The molecular formula is C6H9F2NO. The Labute approximate surface area is 57.5 Å². The number of alkyl halides is 2. The highest BCUT2D eigenvalue weighted by Crippen LogP contribution is 2.26. The van der Waals surface area contributed by atoms with Gasteiger partial charge in [0.2, 0.25) is 0 Å². The molecule has 0 aromatic carbocycles. The molecular weight excluding hydrogens is 140 g/mol. The molecule has 1 rings (SSSR count). The summed E-state index contributed by atoms with van der Waals surface area (Å²) in [4.78, 5) is 0. The second kappa shape index (κ2) is 2.54. The van der Waals surface area contributed by atoms with Crippen molar-refractivity contribution in [1.29, 1.82) is 0 Å². The van der Waals surface area contributed by atoms with Crippen molar-refractivity contribution < 1.29 is 13.9 Å². The van der Waals surface area contributed by atoms with Crippen LogP contribution in [-0.4, -0.2) is 24.2 Å². The highest BCUT2D eigenvalue weighted by molar-refractivity contribution is 5.16. The molecule has 0 unspecified atom stereocenters. The highest BCUT2D eigenvalue weighted by atomic mass is 19.3. The van der Waals surface area contributed by atoms with Crippen LogP contribution in [0.25, 0.3) is 0 Å². The minimum absolute atomic E-state index is 0.00463. The zero-order valence-electron chi connectivity index (χ0n) is 5.40. The Bertz CT molecular complexity index is 156. The second-order valence-corrected chi connectivity index (χ2v) is 2.24. The molecule has 0 aliphatic carbocycles. The fraction of sp³-hybridized carbons (Fsp3) is 0.667. The summed E-state index contributed by atoms with van der Waals surface area (Å²) in [6.45, 7) is -0.550. The van der Waals surface area contributed by atoms with Gasteiger partial charge in [-0.05, 0) is 6.42 Å². The average molecular weight is 149 g/mol. The smallest absolute Gasteiger partial charge is 0.293 e. The van der Waals surface area contributed by atoms with Gasteiger partial charge in [0, 0.05) is 18.3 Å². The molecule has 1 heterocycles. The van der Waals surface area contributed by atoms with E-state index < -0.39 is 12.5 Å². The van der Waals surface area contributed by atoms with Gasteiger partial charge in [-0.3, -0.25) is 0 Å². The molecule has 0 atom stereocenters. The Morgan fingerprint density at radius 1 is 1.70 bits per heavy atom. The maximum Gasteiger partial charge on any atom is 0.293 e. The van der Waals surface area contributed by atoms with Gasteiger partial charge in [-0.15, -0.1) is 0 Å². The van der Waals surface area contributed by atoms with Crippen molar-refractivity contribution in [2.24, 2.45) is 0 Å². The summed E-state index contributed by atoms with van der Waals surface area (Å²) < 4.78 is 25.0. The van der Waals surface area contributed by atoms with Crippen molar-refractivity contribution >= 4 is 0 Å². The van der Waals surface area contributed by atoms with E-state index in [1.807, 2.05) is 0 Å². The van der Waals surface area contributed by atoms with E-state index in [-0.39, 0.29) is 5.57 Å². The fourth-order valence-corrected chi connectivity index (χ4v) is 0.864. The SMILES string of the molecule is OCC(F)(F)C1=CNCC1. The molecule has 0 saturated heterocycles. The third-order valence-electron chi connectivity index (χ3n) is 1.48. The molecule has 0 saturated carbocycles. The first-order valence-electron chi connectivity index (χ1n) is 3.08. The summed E-state index contributed by atoms with van der Waals surface area (Å²) in [6, 6.07) is 0. The molecule has 0 fully saturated rings. The summed E-state index contributed by atoms with van der Waals surface area (Å²) >= 11 is 0. The largest absolute Gasteiger partial charge is 0.390 e. The number of rotatable bonds is 2. The highest BCUT2D eigenvalue weighted by Gasteiger charge is 2.34. The monoisotopic (exact) mass is 149 g/mol. The average Bonchev–Trinajstić information content (AvgIpc) is 2.38. The van der Waals surface area contributed by atoms with Crippen LogP contribution >= 0.6 is 0 Å². The number of nitrogens with one attached hydrogen (secondary N) is 1. The van der Waals surface area contributed by atoms with Crippen molar-refractivity contribution in [2.45, 2.75) is 12.3 Å². The molecule has 10 heavy (non-hydrogen) atoms. The van der Waals surface area contributed by atoms with Crippen LogP contribution in [0, 0.1) is 0 Å². The van der Waals surface area contributed by atoms with E-state index in [2.05, 4.69) is 5.32 Å². The molecule has 0 amide bonds. The maximum absolute atomic E-state index is 12.5. The van der Waals surface area contributed by atoms with Crippen molar-refractivity contribution in [3.05, 3.63) is 11.8 Å². The molecule has 2 nitrogen and oxygen atoms in total. The molecule has 1 aliphatic heterocycles. The predicted octanol–water partition coefficient (Wildman–Crippen LogP) is 0.491. The third kappa shape index (κ3) is 1.26. The molecule has 1 aliphatic rings. The lowest BCUT2D eigenvalue weighted by Gasteiger charge is -2.12. The fourth-order valence-electron chi connectivity index (χ4n) is 0.864. The first-order chi connectivity index (χ1) is 4.67. The first-order valence-corrected chi connectivity index (χ1v) is 3.08. The van der Waals surface area contributed by atoms with E-state index in [0.29, 0.717) is 13.0 Å². The Kier molecular flexibility index (Phi) is 1.89. The van der Waals surface area contributed by atoms with Crippen LogP contribution in [0.5, 0.6) is 0 Å². The Balaban J connectivity index is 2.62. The first kappa shape index (κ1) is 7.47. The summed E-state index contributed by atoms with van der Waals surface area (Å²) in [6.07, 6.45) is 1.60. The van der Waals surface area contributed by atoms with Gasteiger partial charge in [-0.2, -0.15) is 8.78 Å². The van der Waals surface area contributed by atoms with Crippen molar-refractivity contribution in [3.63, 3.8) is 0 Å². The number of aliphatic hydroxyl groups is 1. The number of hydrogen-bond acceptors (Lipinski definition) is 2.